The third-order valence-corrected chi connectivity index (χ3v) is 11.8. The van der Waals surface area contributed by atoms with Crippen LogP contribution in [0.15, 0.2) is 126 Å². The van der Waals surface area contributed by atoms with E-state index < -0.39 is 24.2 Å². The molecule has 332 valence electrons. The van der Waals surface area contributed by atoms with E-state index in [9.17, 15) is 24.6 Å². The Bertz CT molecular complexity index is 2590. The smallest absolute Gasteiger partial charge is 0.408 e. The molecule has 0 aliphatic carbocycles. The van der Waals surface area contributed by atoms with Crippen LogP contribution < -0.4 is 30.4 Å². The zero-order chi connectivity index (χ0) is 44.4. The van der Waals surface area contributed by atoms with Gasteiger partial charge < -0.3 is 49.5 Å². The van der Waals surface area contributed by atoms with Gasteiger partial charge in [0.1, 0.15) is 37.4 Å². The highest BCUT2D eigenvalue weighted by atomic mass is 16.6. The number of alkyl carbamates (subject to hydrolysis) is 1. The van der Waals surface area contributed by atoms with Gasteiger partial charge in [-0.25, -0.2) is 9.59 Å². The lowest BCUT2D eigenvalue weighted by Crippen LogP contribution is -2.52. The number of nitrogens with zero attached hydrogens (tertiary/aromatic N) is 1. The Labute approximate surface area is 370 Å². The second kappa shape index (κ2) is 20.5. The van der Waals surface area contributed by atoms with E-state index in [0.29, 0.717) is 46.2 Å². The number of esters is 1. The number of rotatable bonds is 18. The second-order valence-corrected chi connectivity index (χ2v) is 16.0. The van der Waals surface area contributed by atoms with Crippen LogP contribution in [0.1, 0.15) is 63.2 Å². The van der Waals surface area contributed by atoms with Gasteiger partial charge in [-0.3, -0.25) is 9.69 Å². The van der Waals surface area contributed by atoms with Crippen LogP contribution >= 0.6 is 0 Å². The topological polar surface area (TPSA) is 181 Å². The van der Waals surface area contributed by atoms with Crippen LogP contribution in [0.25, 0.3) is 10.9 Å². The standard InChI is InChI=1S/C50H52N4O10/c1-60-44-26-33(28-51-29-42(56)39-15-17-41(55)48-40(39)16-19-46(57)52-48)12-18-43(44)61-24-25-62-49(58)36-13-10-32(11-14-36)31-63-38-9-5-8-37(27-38)47(35-6-3-2-4-7-35)53-50(59)64-45-30-54-22-20-34(45)21-23-54/h2-19,26-27,34,42,45,47,51,55-56H,20-25,28-31H2,1H3,(H,52,57)(H,53,59)/t42-,45+,47?/m1/s1. The van der Waals surface area contributed by atoms with E-state index in [4.69, 9.17) is 23.7 Å². The van der Waals surface area contributed by atoms with E-state index in [0.717, 1.165) is 54.7 Å². The van der Waals surface area contributed by atoms with Crippen molar-refractivity contribution in [3.63, 3.8) is 0 Å². The van der Waals surface area contributed by atoms with Crippen LogP contribution in [-0.2, 0) is 22.6 Å². The fourth-order valence-electron chi connectivity index (χ4n) is 8.35. The molecule has 0 spiro atoms. The Balaban J connectivity index is 0.783. The second-order valence-electron chi connectivity index (χ2n) is 16.0. The van der Waals surface area contributed by atoms with Gasteiger partial charge >= 0.3 is 12.1 Å². The summed E-state index contributed by atoms with van der Waals surface area (Å²) in [5.41, 5.74) is 4.42. The predicted octanol–water partition coefficient (Wildman–Crippen LogP) is 6.79. The monoisotopic (exact) mass is 868 g/mol. The number of benzene rings is 5. The van der Waals surface area contributed by atoms with Crippen LogP contribution in [0, 0.1) is 5.92 Å². The zero-order valence-corrected chi connectivity index (χ0v) is 35.5. The Morgan fingerprint density at radius 1 is 0.828 bits per heavy atom. The fourth-order valence-corrected chi connectivity index (χ4v) is 8.35. The summed E-state index contributed by atoms with van der Waals surface area (Å²) in [6, 6.07) is 35.5. The number of aromatic nitrogens is 1. The number of phenolic OH excluding ortho intramolecular Hbond substituents is 1. The molecule has 9 rings (SSSR count). The Hall–Kier alpha value is -6.87. The fraction of sp³-hybridized carbons (Fsp3) is 0.300. The third-order valence-electron chi connectivity index (χ3n) is 11.8. The summed E-state index contributed by atoms with van der Waals surface area (Å²) in [5, 5.41) is 27.9. The first-order valence-corrected chi connectivity index (χ1v) is 21.5. The lowest BCUT2D eigenvalue weighted by Gasteiger charge is -2.43. The van der Waals surface area contributed by atoms with Crippen molar-refractivity contribution in [2.24, 2.45) is 5.92 Å². The van der Waals surface area contributed by atoms with Crippen LogP contribution in [0.3, 0.4) is 0 Å². The van der Waals surface area contributed by atoms with Crippen molar-refractivity contribution in [3.05, 3.63) is 165 Å². The van der Waals surface area contributed by atoms with Crippen molar-refractivity contribution in [2.75, 3.05) is 46.5 Å². The van der Waals surface area contributed by atoms with Gasteiger partial charge in [-0.2, -0.15) is 0 Å². The molecule has 1 unspecified atom stereocenters. The van der Waals surface area contributed by atoms with E-state index in [1.807, 2.05) is 78.9 Å². The van der Waals surface area contributed by atoms with Gasteiger partial charge in [0.05, 0.1) is 30.3 Å². The Morgan fingerprint density at radius 3 is 2.38 bits per heavy atom. The zero-order valence-electron chi connectivity index (χ0n) is 35.5. The number of aliphatic hydroxyl groups excluding tert-OH is 1. The minimum Gasteiger partial charge on any atom is -0.506 e. The van der Waals surface area contributed by atoms with E-state index >= 15 is 0 Å². The van der Waals surface area contributed by atoms with Gasteiger partial charge in [0.2, 0.25) is 5.56 Å². The first-order valence-electron chi connectivity index (χ1n) is 21.5. The molecule has 4 heterocycles. The van der Waals surface area contributed by atoms with Crippen molar-refractivity contribution in [2.45, 2.75) is 44.2 Å². The van der Waals surface area contributed by atoms with Crippen LogP contribution in [0.5, 0.6) is 23.0 Å². The lowest BCUT2D eigenvalue weighted by molar-refractivity contribution is -0.0336. The molecular formula is C50H52N4O10. The SMILES string of the molecule is COc1cc(CNC[C@@H](O)c2ccc(O)c3[nH]c(=O)ccc23)ccc1OCCOC(=O)c1ccc(COc2cccc(C(NC(=O)O[C@H]3CN4CCC3CC4)c3ccccc3)c2)cc1. The largest absolute Gasteiger partial charge is 0.506 e. The number of aliphatic hydroxyl groups is 1. The molecule has 14 nitrogen and oxygen atoms in total. The number of ether oxygens (including phenoxy) is 5. The molecule has 1 amide bonds. The third kappa shape index (κ3) is 10.8. The maximum absolute atomic E-state index is 13.2. The van der Waals surface area contributed by atoms with Crippen molar-refractivity contribution < 1.29 is 43.5 Å². The minimum atomic E-state index is -0.898. The first kappa shape index (κ1) is 43.8. The molecule has 64 heavy (non-hydrogen) atoms. The van der Waals surface area contributed by atoms with Crippen molar-refractivity contribution >= 4 is 23.0 Å². The number of carbonyl (C=O) groups excluding carboxylic acids is 2. The molecular weight excluding hydrogens is 817 g/mol. The van der Waals surface area contributed by atoms with E-state index in [1.165, 1.54) is 19.2 Å². The number of methoxy groups -OCH3 is 1. The number of aromatic amines is 1. The Morgan fingerprint density at radius 2 is 1.61 bits per heavy atom. The Kier molecular flexibility index (Phi) is 14.0. The van der Waals surface area contributed by atoms with E-state index in [1.54, 1.807) is 30.3 Å². The summed E-state index contributed by atoms with van der Waals surface area (Å²) in [4.78, 5) is 42.8. The molecule has 3 aliphatic rings. The highest BCUT2D eigenvalue weighted by molar-refractivity contribution is 5.89. The minimum absolute atomic E-state index is 0.0144. The molecule has 6 aromatic rings. The predicted molar refractivity (Wildman–Crippen MR) is 240 cm³/mol. The van der Waals surface area contributed by atoms with Crippen LogP contribution in [0.4, 0.5) is 4.79 Å². The van der Waals surface area contributed by atoms with Gasteiger partial charge in [-0.15, -0.1) is 0 Å². The molecule has 3 atom stereocenters. The average Bonchev–Trinajstić information content (AvgIpc) is 3.32. The normalized spacial score (nSPS) is 17.6. The summed E-state index contributed by atoms with van der Waals surface area (Å²) in [7, 11) is 1.54. The van der Waals surface area contributed by atoms with Crippen LogP contribution in [0.2, 0.25) is 0 Å². The van der Waals surface area contributed by atoms with Gasteiger partial charge in [0, 0.05) is 31.1 Å². The van der Waals surface area contributed by atoms with E-state index in [2.05, 4.69) is 20.5 Å². The molecule has 2 bridgehead atoms. The molecule has 0 saturated carbocycles. The number of amides is 1. The van der Waals surface area contributed by atoms with E-state index in [-0.39, 0.29) is 49.3 Å². The summed E-state index contributed by atoms with van der Waals surface area (Å²) < 4.78 is 29.0. The summed E-state index contributed by atoms with van der Waals surface area (Å²) in [6.45, 7) is 3.94. The van der Waals surface area contributed by atoms with Gasteiger partial charge in [-0.05, 0) is 108 Å². The number of pyridine rings is 1. The average molecular weight is 869 g/mol. The molecule has 3 fully saturated rings. The summed E-state index contributed by atoms with van der Waals surface area (Å²) in [6.07, 6.45) is 0.693. The number of hydrogen-bond donors (Lipinski definition) is 5. The van der Waals surface area contributed by atoms with Crippen molar-refractivity contribution in [3.8, 4) is 23.0 Å². The van der Waals surface area contributed by atoms with Crippen molar-refractivity contribution in [1.82, 2.24) is 20.5 Å². The number of hydrogen-bond acceptors (Lipinski definition) is 12. The number of aromatic hydroxyl groups is 1. The van der Waals surface area contributed by atoms with Crippen LogP contribution in [-0.4, -0.2) is 84.8 Å². The van der Waals surface area contributed by atoms with Gasteiger partial charge in [0.15, 0.2) is 11.5 Å². The molecule has 3 saturated heterocycles. The quantitative estimate of drug-likeness (QED) is 0.0452. The number of piperidine rings is 3. The first-order chi connectivity index (χ1) is 31.2. The highest BCUT2D eigenvalue weighted by Gasteiger charge is 2.37. The maximum atomic E-state index is 13.2. The molecule has 5 N–H and O–H groups in total. The molecule has 1 aromatic heterocycles. The van der Waals surface area contributed by atoms with Gasteiger partial charge in [0.25, 0.3) is 0 Å². The number of H-pyrrole nitrogens is 1. The molecule has 0 radical (unpaired) electrons. The lowest BCUT2D eigenvalue weighted by atomic mass is 9.86. The van der Waals surface area contributed by atoms with Gasteiger partial charge in [-0.1, -0.05) is 66.7 Å². The maximum Gasteiger partial charge on any atom is 0.408 e. The molecule has 14 heteroatoms. The molecule has 5 aromatic carbocycles. The number of nitrogens with one attached hydrogen (secondary N) is 3. The number of fused-ring (bicyclic) bond motifs is 4. The number of phenols is 1. The summed E-state index contributed by atoms with van der Waals surface area (Å²) >= 11 is 0. The molecule has 3 aliphatic heterocycles. The highest BCUT2D eigenvalue weighted by Crippen LogP contribution is 2.32. The van der Waals surface area contributed by atoms with Crippen molar-refractivity contribution in [1.29, 1.82) is 0 Å². The summed E-state index contributed by atoms with van der Waals surface area (Å²) in [5.74, 6) is 1.47. The number of carbonyl (C=O) groups is 2.